The van der Waals surface area contributed by atoms with Crippen LogP contribution in [0.4, 0.5) is 18.9 Å². The van der Waals surface area contributed by atoms with Crippen LogP contribution in [0, 0.1) is 21.4 Å². The number of halogens is 3. The molecule has 112 valence electrons. The molecule has 0 amide bonds. The van der Waals surface area contributed by atoms with Gasteiger partial charge in [0.15, 0.2) is 0 Å². The maximum atomic E-state index is 12.5. The van der Waals surface area contributed by atoms with Gasteiger partial charge >= 0.3 is 11.5 Å². The van der Waals surface area contributed by atoms with Gasteiger partial charge in [0.25, 0.3) is 5.69 Å². The summed E-state index contributed by atoms with van der Waals surface area (Å²) < 4.78 is 41.9. The second kappa shape index (κ2) is 6.45. The van der Waals surface area contributed by atoms with Crippen molar-refractivity contribution in [2.45, 2.75) is 17.3 Å². The van der Waals surface area contributed by atoms with Crippen LogP contribution in [-0.2, 0) is 4.74 Å². The summed E-state index contributed by atoms with van der Waals surface area (Å²) in [6, 6.07) is 2.70. The minimum absolute atomic E-state index is 0.108. The molecule has 0 aliphatic rings. The fourth-order valence-electron chi connectivity index (χ4n) is 1.39. The Hall–Kier alpha value is -2.28. The third-order valence-corrected chi connectivity index (χ3v) is 2.93. The van der Waals surface area contributed by atoms with E-state index in [2.05, 4.69) is 4.74 Å². The average Bonchev–Trinajstić information content (AvgIpc) is 2.36. The van der Waals surface area contributed by atoms with Crippen molar-refractivity contribution < 1.29 is 27.6 Å². The van der Waals surface area contributed by atoms with Gasteiger partial charge in [-0.3, -0.25) is 10.1 Å². The molecule has 0 N–H and O–H groups in total. The van der Waals surface area contributed by atoms with E-state index in [-0.39, 0.29) is 6.61 Å². The number of nitrogens with zero attached hydrogens (tertiary/aromatic N) is 2. The van der Waals surface area contributed by atoms with E-state index in [0.717, 1.165) is 0 Å². The van der Waals surface area contributed by atoms with Crippen molar-refractivity contribution in [1.29, 1.82) is 5.26 Å². The van der Waals surface area contributed by atoms with Crippen LogP contribution in [0.3, 0.4) is 0 Å². The van der Waals surface area contributed by atoms with Crippen LogP contribution in [0.15, 0.2) is 17.0 Å². The predicted molar refractivity (Wildman–Crippen MR) is 65.7 cm³/mol. The normalized spacial score (nSPS) is 10.8. The molecule has 0 fully saturated rings. The highest BCUT2D eigenvalue weighted by Crippen LogP contribution is 2.40. The zero-order valence-corrected chi connectivity index (χ0v) is 11.2. The van der Waals surface area contributed by atoms with Gasteiger partial charge in [0.05, 0.1) is 17.1 Å². The number of nitro groups is 1. The maximum Gasteiger partial charge on any atom is 0.446 e. The average molecular weight is 320 g/mol. The third-order valence-electron chi connectivity index (χ3n) is 2.14. The highest BCUT2D eigenvalue weighted by Gasteiger charge is 2.33. The van der Waals surface area contributed by atoms with Crippen molar-refractivity contribution in [2.24, 2.45) is 0 Å². The van der Waals surface area contributed by atoms with E-state index in [1.54, 1.807) is 0 Å². The highest BCUT2D eigenvalue weighted by molar-refractivity contribution is 8.00. The molecule has 0 saturated heterocycles. The number of nitriles is 1. The molecule has 0 bridgehead atoms. The standard InChI is InChI=1S/C11H7F3N2O4S/c1-2-20-10(17)7-4-8(16(18)19)6(5-15)3-9(7)21-11(12,13)14/h3-4H,2H2,1H3. The first kappa shape index (κ1) is 16.8. The van der Waals surface area contributed by atoms with Crippen molar-refractivity contribution in [3.8, 4) is 6.07 Å². The van der Waals surface area contributed by atoms with E-state index in [9.17, 15) is 28.1 Å². The van der Waals surface area contributed by atoms with Crippen molar-refractivity contribution in [2.75, 3.05) is 6.61 Å². The van der Waals surface area contributed by atoms with Crippen LogP contribution in [0.5, 0.6) is 0 Å². The summed E-state index contributed by atoms with van der Waals surface area (Å²) in [5.41, 5.74) is -6.65. The summed E-state index contributed by atoms with van der Waals surface area (Å²) in [4.78, 5) is 20.8. The van der Waals surface area contributed by atoms with E-state index in [4.69, 9.17) is 5.26 Å². The monoisotopic (exact) mass is 320 g/mol. The van der Waals surface area contributed by atoms with Crippen molar-refractivity contribution in [1.82, 2.24) is 0 Å². The minimum atomic E-state index is -4.72. The van der Waals surface area contributed by atoms with E-state index < -0.39 is 49.9 Å². The van der Waals surface area contributed by atoms with Gasteiger partial charge in [0.2, 0.25) is 0 Å². The molecule has 0 saturated carbocycles. The van der Waals surface area contributed by atoms with Gasteiger partial charge in [-0.05, 0) is 24.8 Å². The van der Waals surface area contributed by atoms with Crippen LogP contribution in [-0.4, -0.2) is 23.0 Å². The number of carbonyl (C=O) groups is 1. The summed E-state index contributed by atoms with van der Waals surface area (Å²) in [5.74, 6) is -1.13. The quantitative estimate of drug-likeness (QED) is 0.366. The Morgan fingerprint density at radius 3 is 2.57 bits per heavy atom. The molecule has 21 heavy (non-hydrogen) atoms. The van der Waals surface area contributed by atoms with E-state index in [0.29, 0.717) is 12.1 Å². The van der Waals surface area contributed by atoms with Gasteiger partial charge in [-0.25, -0.2) is 4.79 Å². The number of hydrogen-bond acceptors (Lipinski definition) is 6. The highest BCUT2D eigenvalue weighted by atomic mass is 32.2. The SMILES string of the molecule is CCOC(=O)c1cc([N+](=O)[O-])c(C#N)cc1SC(F)(F)F. The van der Waals surface area contributed by atoms with Crippen molar-refractivity contribution in [3.63, 3.8) is 0 Å². The lowest BCUT2D eigenvalue weighted by molar-refractivity contribution is -0.385. The van der Waals surface area contributed by atoms with Gasteiger partial charge < -0.3 is 4.74 Å². The molecule has 0 unspecified atom stereocenters. The van der Waals surface area contributed by atoms with E-state index in [1.165, 1.54) is 13.0 Å². The Labute approximate surface area is 120 Å². The number of hydrogen-bond donors (Lipinski definition) is 0. The lowest BCUT2D eigenvalue weighted by Gasteiger charge is -2.11. The number of esters is 1. The second-order valence-electron chi connectivity index (χ2n) is 3.50. The van der Waals surface area contributed by atoms with Gasteiger partial charge in [-0.2, -0.15) is 18.4 Å². The number of alkyl halides is 3. The molecular weight excluding hydrogens is 313 g/mol. The molecule has 1 aromatic carbocycles. The second-order valence-corrected chi connectivity index (χ2v) is 4.61. The molecule has 0 aliphatic carbocycles. The predicted octanol–water partition coefficient (Wildman–Crippen LogP) is 3.26. The molecular formula is C11H7F3N2O4S. The Morgan fingerprint density at radius 2 is 2.14 bits per heavy atom. The molecule has 10 heteroatoms. The number of rotatable bonds is 4. The van der Waals surface area contributed by atoms with Crippen LogP contribution in [0.2, 0.25) is 0 Å². The molecule has 0 heterocycles. The molecule has 0 aromatic heterocycles. The molecule has 1 rings (SSSR count). The van der Waals surface area contributed by atoms with Crippen molar-refractivity contribution in [3.05, 3.63) is 33.4 Å². The smallest absolute Gasteiger partial charge is 0.446 e. The number of carbonyl (C=O) groups excluding carboxylic acids is 1. The molecule has 0 atom stereocenters. The van der Waals surface area contributed by atoms with Gasteiger partial charge in [0.1, 0.15) is 11.6 Å². The minimum Gasteiger partial charge on any atom is -0.462 e. The summed E-state index contributed by atoms with van der Waals surface area (Å²) in [6.07, 6.45) is 0. The molecule has 0 aliphatic heterocycles. The maximum absolute atomic E-state index is 12.5. The van der Waals surface area contributed by atoms with Gasteiger partial charge in [-0.1, -0.05) is 0 Å². The topological polar surface area (TPSA) is 93.2 Å². The number of benzene rings is 1. The Morgan fingerprint density at radius 1 is 1.52 bits per heavy atom. The zero-order valence-electron chi connectivity index (χ0n) is 10.4. The fraction of sp³-hybridized carbons (Fsp3) is 0.273. The molecule has 0 radical (unpaired) electrons. The lowest BCUT2D eigenvalue weighted by atomic mass is 10.1. The lowest BCUT2D eigenvalue weighted by Crippen LogP contribution is -2.10. The fourth-order valence-corrected chi connectivity index (χ4v) is 2.06. The summed E-state index contributed by atoms with van der Waals surface area (Å²) in [7, 11) is 0. The summed E-state index contributed by atoms with van der Waals surface area (Å²) >= 11 is -0.643. The summed E-state index contributed by atoms with van der Waals surface area (Å²) in [5, 5.41) is 19.5. The zero-order chi connectivity index (χ0) is 16.2. The third kappa shape index (κ3) is 4.35. The summed E-state index contributed by atoms with van der Waals surface area (Å²) in [6.45, 7) is 1.33. The van der Waals surface area contributed by atoms with Gasteiger partial charge in [0, 0.05) is 11.0 Å². The Bertz CT molecular complexity index is 625. The van der Waals surface area contributed by atoms with Crippen molar-refractivity contribution >= 4 is 23.4 Å². The van der Waals surface area contributed by atoms with Gasteiger partial charge in [-0.15, -0.1) is 0 Å². The van der Waals surface area contributed by atoms with Crippen LogP contribution in [0.25, 0.3) is 0 Å². The number of ether oxygens (including phenoxy) is 1. The number of nitro benzene ring substituents is 1. The van der Waals surface area contributed by atoms with E-state index in [1.807, 2.05) is 0 Å². The van der Waals surface area contributed by atoms with E-state index >= 15 is 0 Å². The molecule has 0 spiro atoms. The largest absolute Gasteiger partial charge is 0.462 e. The van der Waals surface area contributed by atoms with Crippen LogP contribution in [0.1, 0.15) is 22.8 Å². The first-order chi connectivity index (χ1) is 9.69. The Balaban J connectivity index is 3.49. The first-order valence-corrected chi connectivity index (χ1v) is 6.16. The van der Waals surface area contributed by atoms with Crippen LogP contribution >= 0.6 is 11.8 Å². The molecule has 6 nitrogen and oxygen atoms in total. The molecule has 1 aromatic rings. The van der Waals surface area contributed by atoms with Crippen LogP contribution < -0.4 is 0 Å². The number of thioether (sulfide) groups is 1. The first-order valence-electron chi connectivity index (χ1n) is 5.35. The Kier molecular flexibility index (Phi) is 5.15.